The average Bonchev–Trinajstić information content (AvgIpc) is 3.51. The van der Waals surface area contributed by atoms with Gasteiger partial charge in [-0.25, -0.2) is 0 Å². The SMILES string of the molecule is O=C1CCC(N2Cc3c(CCCCCN4CCN(C5=NCc6ccccc65)CC4)cccc3C2=O)C(=O)N1. The number of hydrogen-bond acceptors (Lipinski definition) is 6. The summed E-state index contributed by atoms with van der Waals surface area (Å²) < 4.78 is 0. The van der Waals surface area contributed by atoms with E-state index < -0.39 is 6.04 Å². The molecular weight excluding hydrogens is 478 g/mol. The van der Waals surface area contributed by atoms with Crippen molar-refractivity contribution < 1.29 is 14.4 Å². The highest BCUT2D eigenvalue weighted by Gasteiger charge is 2.39. The van der Waals surface area contributed by atoms with E-state index in [1.54, 1.807) is 4.90 Å². The Hall–Kier alpha value is -3.52. The van der Waals surface area contributed by atoms with E-state index in [1.165, 1.54) is 28.9 Å². The van der Waals surface area contributed by atoms with Gasteiger partial charge in [0.25, 0.3) is 5.91 Å². The first-order valence-corrected chi connectivity index (χ1v) is 13.9. The molecule has 4 aliphatic heterocycles. The van der Waals surface area contributed by atoms with Gasteiger partial charge in [-0.3, -0.25) is 29.6 Å². The van der Waals surface area contributed by atoms with Crippen LogP contribution in [0, 0.1) is 0 Å². The Labute approximate surface area is 223 Å². The summed E-state index contributed by atoms with van der Waals surface area (Å²) in [5, 5.41) is 2.38. The molecule has 198 valence electrons. The van der Waals surface area contributed by atoms with Crippen molar-refractivity contribution in [2.45, 2.75) is 57.7 Å². The summed E-state index contributed by atoms with van der Waals surface area (Å²) in [6.07, 6.45) is 5.01. The maximum atomic E-state index is 13.0. The van der Waals surface area contributed by atoms with E-state index in [0.717, 1.165) is 64.1 Å². The molecule has 0 aliphatic carbocycles. The molecule has 0 aromatic heterocycles. The number of aliphatic imine (C=N–C) groups is 1. The third kappa shape index (κ3) is 4.85. The Morgan fingerprint density at radius 2 is 1.71 bits per heavy atom. The molecule has 38 heavy (non-hydrogen) atoms. The Balaban J connectivity index is 0.951. The van der Waals surface area contributed by atoms with Gasteiger partial charge < -0.3 is 9.80 Å². The fraction of sp³-hybridized carbons (Fsp3) is 0.467. The fourth-order valence-electron chi connectivity index (χ4n) is 6.29. The van der Waals surface area contributed by atoms with Gasteiger partial charge >= 0.3 is 0 Å². The lowest BCUT2D eigenvalue weighted by molar-refractivity contribution is -0.136. The van der Waals surface area contributed by atoms with Crippen LogP contribution in [0.25, 0.3) is 0 Å². The van der Waals surface area contributed by atoms with Crippen LogP contribution in [0.2, 0.25) is 0 Å². The number of carbonyl (C=O) groups is 3. The summed E-state index contributed by atoms with van der Waals surface area (Å²) in [7, 11) is 0. The number of rotatable bonds is 7. The van der Waals surface area contributed by atoms with Crippen molar-refractivity contribution in [3.8, 4) is 0 Å². The molecule has 2 saturated heterocycles. The van der Waals surface area contributed by atoms with Gasteiger partial charge in [0.2, 0.25) is 11.8 Å². The predicted octanol–water partition coefficient (Wildman–Crippen LogP) is 2.74. The quantitative estimate of drug-likeness (QED) is 0.455. The number of piperidine rings is 1. The molecule has 1 unspecified atom stereocenters. The predicted molar refractivity (Wildman–Crippen MR) is 145 cm³/mol. The van der Waals surface area contributed by atoms with E-state index in [0.29, 0.717) is 18.5 Å². The molecular formula is C30H35N5O3. The van der Waals surface area contributed by atoms with Crippen LogP contribution in [-0.4, -0.2) is 77.0 Å². The van der Waals surface area contributed by atoms with Gasteiger partial charge in [0.15, 0.2) is 0 Å². The number of fused-ring (bicyclic) bond motifs is 2. The van der Waals surface area contributed by atoms with Gasteiger partial charge in [0.05, 0.1) is 6.54 Å². The summed E-state index contributed by atoms with van der Waals surface area (Å²) in [5.41, 5.74) is 5.60. The van der Waals surface area contributed by atoms with Crippen molar-refractivity contribution in [3.05, 3.63) is 70.3 Å². The average molecular weight is 514 g/mol. The van der Waals surface area contributed by atoms with Crippen LogP contribution in [0.1, 0.15) is 64.7 Å². The lowest BCUT2D eigenvalue weighted by Crippen LogP contribution is -2.52. The molecule has 0 saturated carbocycles. The van der Waals surface area contributed by atoms with Crippen molar-refractivity contribution in [2.24, 2.45) is 4.99 Å². The van der Waals surface area contributed by atoms with Crippen molar-refractivity contribution in [3.63, 3.8) is 0 Å². The molecule has 2 aromatic carbocycles. The minimum absolute atomic E-state index is 0.0949. The summed E-state index contributed by atoms with van der Waals surface area (Å²) in [4.78, 5) is 48.4. The van der Waals surface area contributed by atoms with Crippen LogP contribution >= 0.6 is 0 Å². The summed E-state index contributed by atoms with van der Waals surface area (Å²) in [6.45, 7) is 6.58. The monoisotopic (exact) mass is 513 g/mol. The molecule has 6 rings (SSSR count). The number of imide groups is 1. The first-order valence-electron chi connectivity index (χ1n) is 13.9. The van der Waals surface area contributed by atoms with Crippen LogP contribution in [0.5, 0.6) is 0 Å². The minimum Gasteiger partial charge on any atom is -0.354 e. The molecule has 0 spiro atoms. The van der Waals surface area contributed by atoms with E-state index in [2.05, 4.69) is 45.4 Å². The molecule has 0 bridgehead atoms. The van der Waals surface area contributed by atoms with Crippen LogP contribution < -0.4 is 5.32 Å². The zero-order valence-corrected chi connectivity index (χ0v) is 21.8. The van der Waals surface area contributed by atoms with E-state index in [-0.39, 0.29) is 24.1 Å². The molecule has 0 radical (unpaired) electrons. The molecule has 4 heterocycles. The van der Waals surface area contributed by atoms with E-state index >= 15 is 0 Å². The fourth-order valence-corrected chi connectivity index (χ4v) is 6.29. The van der Waals surface area contributed by atoms with Crippen molar-refractivity contribution in [2.75, 3.05) is 32.7 Å². The zero-order chi connectivity index (χ0) is 26.1. The molecule has 4 aliphatic rings. The Kier molecular flexibility index (Phi) is 6.98. The van der Waals surface area contributed by atoms with Crippen molar-refractivity contribution in [1.82, 2.24) is 20.0 Å². The Bertz CT molecular complexity index is 1280. The summed E-state index contributed by atoms with van der Waals surface area (Å²) in [5.74, 6) is 0.464. The third-order valence-electron chi connectivity index (χ3n) is 8.43. The van der Waals surface area contributed by atoms with Gasteiger partial charge in [0, 0.05) is 50.3 Å². The number of nitrogens with one attached hydrogen (secondary N) is 1. The number of hydrogen-bond donors (Lipinski definition) is 1. The normalized spacial score (nSPS) is 21.4. The lowest BCUT2D eigenvalue weighted by atomic mass is 9.98. The molecule has 2 aromatic rings. The maximum Gasteiger partial charge on any atom is 0.255 e. The Morgan fingerprint density at radius 1 is 0.895 bits per heavy atom. The number of benzene rings is 2. The van der Waals surface area contributed by atoms with Crippen LogP contribution in [-0.2, 0) is 29.1 Å². The lowest BCUT2D eigenvalue weighted by Gasteiger charge is -2.36. The van der Waals surface area contributed by atoms with Crippen LogP contribution in [0.15, 0.2) is 47.5 Å². The number of amidine groups is 1. The minimum atomic E-state index is -0.559. The molecule has 8 heteroatoms. The van der Waals surface area contributed by atoms with Gasteiger partial charge in [0.1, 0.15) is 11.9 Å². The van der Waals surface area contributed by atoms with Gasteiger partial charge in [-0.2, -0.15) is 0 Å². The van der Waals surface area contributed by atoms with Gasteiger partial charge in [-0.1, -0.05) is 42.8 Å². The number of piperazine rings is 1. The standard InChI is InChI=1S/C30H35N5O3/c36-27-13-12-26(29(37)32-27)35-20-25-21(9-6-11-24(25)30(35)38)7-2-1-5-14-33-15-17-34(18-16-33)28-23-10-4-3-8-22(23)19-31-28/h3-4,6,8-11,26H,1-2,5,7,12-20H2,(H,32,36,37). The first-order chi connectivity index (χ1) is 18.6. The summed E-state index contributed by atoms with van der Waals surface area (Å²) in [6, 6.07) is 13.9. The van der Waals surface area contributed by atoms with Crippen LogP contribution in [0.3, 0.4) is 0 Å². The second kappa shape index (κ2) is 10.7. The molecule has 1 N–H and O–H groups in total. The molecule has 2 fully saturated rings. The zero-order valence-electron chi connectivity index (χ0n) is 21.8. The number of amides is 3. The molecule has 1 atom stereocenters. The third-order valence-corrected chi connectivity index (χ3v) is 8.43. The molecule has 3 amide bonds. The highest BCUT2D eigenvalue weighted by molar-refractivity contribution is 6.05. The molecule has 8 nitrogen and oxygen atoms in total. The second-order valence-corrected chi connectivity index (χ2v) is 10.8. The number of carbonyl (C=O) groups excluding carboxylic acids is 3. The largest absolute Gasteiger partial charge is 0.354 e. The van der Waals surface area contributed by atoms with Gasteiger partial charge in [-0.15, -0.1) is 0 Å². The number of nitrogens with zero attached hydrogens (tertiary/aromatic N) is 4. The number of aryl methyl sites for hydroxylation is 1. The highest BCUT2D eigenvalue weighted by atomic mass is 16.2. The maximum absolute atomic E-state index is 13.0. The topological polar surface area (TPSA) is 85.3 Å². The highest BCUT2D eigenvalue weighted by Crippen LogP contribution is 2.30. The smallest absolute Gasteiger partial charge is 0.255 e. The Morgan fingerprint density at radius 3 is 2.55 bits per heavy atom. The van der Waals surface area contributed by atoms with Crippen molar-refractivity contribution >= 4 is 23.6 Å². The number of unbranched alkanes of at least 4 members (excludes halogenated alkanes) is 2. The van der Waals surface area contributed by atoms with E-state index in [1.807, 2.05) is 12.1 Å². The van der Waals surface area contributed by atoms with E-state index in [4.69, 9.17) is 4.99 Å². The first kappa shape index (κ1) is 24.8. The van der Waals surface area contributed by atoms with Crippen LogP contribution in [0.4, 0.5) is 0 Å². The van der Waals surface area contributed by atoms with Crippen molar-refractivity contribution in [1.29, 1.82) is 0 Å². The van der Waals surface area contributed by atoms with E-state index in [9.17, 15) is 14.4 Å². The van der Waals surface area contributed by atoms with Gasteiger partial charge in [-0.05, 0) is 55.0 Å². The second-order valence-electron chi connectivity index (χ2n) is 10.8. The summed E-state index contributed by atoms with van der Waals surface area (Å²) >= 11 is 0.